The van der Waals surface area contributed by atoms with Crippen LogP contribution in [-0.2, 0) is 16.2 Å². The first-order chi connectivity index (χ1) is 15.4. The van der Waals surface area contributed by atoms with Crippen LogP contribution in [0.25, 0.3) is 16.7 Å². The lowest BCUT2D eigenvalue weighted by Gasteiger charge is -2.37. The number of nitrogens with zero attached hydrogens (tertiary/aromatic N) is 4. The van der Waals surface area contributed by atoms with Crippen LogP contribution in [-0.4, -0.2) is 37.5 Å². The highest BCUT2D eigenvalue weighted by Crippen LogP contribution is 2.46. The first kappa shape index (κ1) is 20.8. The number of rotatable bonds is 5. The minimum Gasteiger partial charge on any atom is -0.481 e. The largest absolute Gasteiger partial charge is 0.481 e. The number of fused-ring (bicyclic) bond motifs is 1. The van der Waals surface area contributed by atoms with Crippen molar-refractivity contribution < 1.29 is 14.7 Å². The highest BCUT2D eigenvalue weighted by atomic mass is 16.7. The van der Waals surface area contributed by atoms with Gasteiger partial charge in [0.25, 0.3) is 0 Å². The minimum absolute atomic E-state index is 0.0278. The van der Waals surface area contributed by atoms with Gasteiger partial charge in [0.05, 0.1) is 40.4 Å². The van der Waals surface area contributed by atoms with Gasteiger partial charge in [-0.25, -0.2) is 9.67 Å². The average molecular weight is 437 g/mol. The Morgan fingerprint density at radius 1 is 1.41 bits per heavy atom. The summed E-state index contributed by atoms with van der Waals surface area (Å²) >= 11 is 0. The monoisotopic (exact) mass is 436 g/mol. The lowest BCUT2D eigenvalue weighted by molar-refractivity contribution is -0.142. The lowest BCUT2D eigenvalue weighted by Crippen LogP contribution is -2.43. The Balaban J connectivity index is 1.51. The Hall–Kier alpha value is -3.12. The van der Waals surface area contributed by atoms with E-state index in [2.05, 4.69) is 28.0 Å². The molecule has 3 heterocycles. The molecule has 2 fully saturated rings. The zero-order chi connectivity index (χ0) is 22.5. The number of aromatic nitrogens is 3. The molecule has 0 amide bonds. The molecule has 9 heteroatoms. The van der Waals surface area contributed by atoms with Crippen LogP contribution in [0.4, 0.5) is 5.69 Å². The highest BCUT2D eigenvalue weighted by molar-refractivity contribution is 5.97. The third-order valence-corrected chi connectivity index (χ3v) is 7.09. The van der Waals surface area contributed by atoms with Crippen molar-refractivity contribution in [1.29, 1.82) is 5.26 Å². The van der Waals surface area contributed by atoms with Gasteiger partial charge in [-0.2, -0.15) is 10.4 Å². The maximum atomic E-state index is 11.4. The van der Waals surface area contributed by atoms with Crippen molar-refractivity contribution >= 4 is 28.4 Å². The smallest absolute Gasteiger partial charge is 0.306 e. The molecule has 2 aliphatic carbocycles. The zero-order valence-corrected chi connectivity index (χ0v) is 18.4. The molecule has 1 aliphatic heterocycles. The van der Waals surface area contributed by atoms with Gasteiger partial charge in [0.1, 0.15) is 5.60 Å². The van der Waals surface area contributed by atoms with Gasteiger partial charge >= 0.3 is 5.97 Å². The highest BCUT2D eigenvalue weighted by Gasteiger charge is 2.48. The van der Waals surface area contributed by atoms with Crippen molar-refractivity contribution in [1.82, 2.24) is 20.2 Å². The number of aliphatic carboxylic acids is 1. The molecule has 0 bridgehead atoms. The molecule has 2 saturated carbocycles. The molecular formula is C23H28N6O3. The van der Waals surface area contributed by atoms with Gasteiger partial charge in [-0.3, -0.25) is 15.1 Å². The number of hydroxylamine groups is 1. The molecule has 0 unspecified atom stereocenters. The number of nitrogens with one attached hydrogen (secondary N) is 2. The third-order valence-electron chi connectivity index (χ3n) is 7.09. The van der Waals surface area contributed by atoms with Crippen LogP contribution in [0.3, 0.4) is 0 Å². The van der Waals surface area contributed by atoms with E-state index in [0.29, 0.717) is 25.7 Å². The van der Waals surface area contributed by atoms with Crippen LogP contribution in [0.15, 0.2) is 12.3 Å². The first-order valence-electron chi connectivity index (χ1n) is 11.4. The van der Waals surface area contributed by atoms with E-state index >= 15 is 0 Å². The van der Waals surface area contributed by atoms with Gasteiger partial charge in [0, 0.05) is 24.3 Å². The lowest BCUT2D eigenvalue weighted by atomic mass is 9.71. The number of hydrogen-bond donors (Lipinski definition) is 3. The third kappa shape index (κ3) is 3.39. The van der Waals surface area contributed by atoms with Crippen molar-refractivity contribution in [2.75, 3.05) is 5.32 Å². The van der Waals surface area contributed by atoms with Gasteiger partial charge in [-0.1, -0.05) is 0 Å². The number of carboxylic acids is 1. The maximum absolute atomic E-state index is 11.4. The quantitative estimate of drug-likeness (QED) is 0.651. The van der Waals surface area contributed by atoms with Gasteiger partial charge in [-0.05, 0) is 58.4 Å². The summed E-state index contributed by atoms with van der Waals surface area (Å²) in [5.41, 5.74) is 7.11. The molecule has 2 aromatic heterocycles. The van der Waals surface area contributed by atoms with E-state index < -0.39 is 11.6 Å². The van der Waals surface area contributed by atoms with E-state index in [1.807, 2.05) is 24.7 Å². The summed E-state index contributed by atoms with van der Waals surface area (Å²) in [6.07, 6.45) is 8.25. The molecule has 0 radical (unpaired) electrons. The molecule has 1 spiro atoms. The first-order valence-corrected chi connectivity index (χ1v) is 11.4. The molecule has 168 valence electrons. The Kier molecular flexibility index (Phi) is 5.05. The van der Waals surface area contributed by atoms with Crippen LogP contribution in [0.1, 0.15) is 56.7 Å². The predicted octanol–water partition coefficient (Wildman–Crippen LogP) is 3.36. The maximum Gasteiger partial charge on any atom is 0.306 e. The van der Waals surface area contributed by atoms with Gasteiger partial charge in [0.2, 0.25) is 0 Å². The number of hydrogen-bond acceptors (Lipinski definition) is 7. The Morgan fingerprint density at radius 2 is 2.16 bits per heavy atom. The molecule has 32 heavy (non-hydrogen) atoms. The number of nitriles is 1. The van der Waals surface area contributed by atoms with Crippen molar-refractivity contribution in [2.45, 2.75) is 70.6 Å². The van der Waals surface area contributed by atoms with Crippen LogP contribution >= 0.6 is 0 Å². The molecule has 9 nitrogen and oxygen atoms in total. The average Bonchev–Trinajstić information content (AvgIpc) is 3.35. The zero-order valence-electron chi connectivity index (χ0n) is 18.4. The van der Waals surface area contributed by atoms with Crippen molar-refractivity contribution in [2.24, 2.45) is 11.8 Å². The summed E-state index contributed by atoms with van der Waals surface area (Å²) < 4.78 is 1.90. The van der Waals surface area contributed by atoms with Crippen LogP contribution in [0, 0.1) is 30.1 Å². The molecule has 0 aromatic carbocycles. The van der Waals surface area contributed by atoms with Gasteiger partial charge in [-0.15, -0.1) is 0 Å². The molecular weight excluding hydrogens is 408 g/mol. The van der Waals surface area contributed by atoms with E-state index in [0.717, 1.165) is 53.1 Å². The fraction of sp³-hybridized carbons (Fsp3) is 0.565. The van der Waals surface area contributed by atoms with E-state index in [9.17, 15) is 9.90 Å². The summed E-state index contributed by atoms with van der Waals surface area (Å²) in [6.45, 7) is 4.76. The SMILES string of the molecule is CCn1nc(C)c2c(NC3CCC(C(=O)O)CC3)c(C3=CC4(CC(C#N)C4)ON3)cnc21. The molecule has 2 aromatic rings. The van der Waals surface area contributed by atoms with E-state index in [1.165, 1.54) is 0 Å². The number of aryl methyl sites for hydroxylation is 2. The number of anilines is 1. The molecule has 3 N–H and O–H groups in total. The van der Waals surface area contributed by atoms with Crippen molar-refractivity contribution in [3.05, 3.63) is 23.5 Å². The second-order valence-electron chi connectivity index (χ2n) is 9.24. The second kappa shape index (κ2) is 7.78. The van der Waals surface area contributed by atoms with E-state index in [4.69, 9.17) is 15.1 Å². The van der Waals surface area contributed by atoms with Crippen molar-refractivity contribution in [3.8, 4) is 6.07 Å². The Labute approximate surface area is 186 Å². The summed E-state index contributed by atoms with van der Waals surface area (Å²) in [5, 5.41) is 27.9. The molecule has 0 saturated heterocycles. The fourth-order valence-corrected chi connectivity index (χ4v) is 5.26. The predicted molar refractivity (Wildman–Crippen MR) is 118 cm³/mol. The second-order valence-corrected chi connectivity index (χ2v) is 9.24. The summed E-state index contributed by atoms with van der Waals surface area (Å²) in [4.78, 5) is 22.0. The number of carbonyl (C=O) groups is 1. The van der Waals surface area contributed by atoms with Crippen LogP contribution in [0.5, 0.6) is 0 Å². The molecule has 0 atom stereocenters. The summed E-state index contributed by atoms with van der Waals surface area (Å²) in [7, 11) is 0. The summed E-state index contributed by atoms with van der Waals surface area (Å²) in [6, 6.07) is 2.49. The van der Waals surface area contributed by atoms with Gasteiger partial charge < -0.3 is 10.4 Å². The normalized spacial score (nSPS) is 29.3. The van der Waals surface area contributed by atoms with E-state index in [-0.39, 0.29) is 17.9 Å². The number of pyridine rings is 1. The topological polar surface area (TPSA) is 125 Å². The van der Waals surface area contributed by atoms with Crippen LogP contribution < -0.4 is 10.8 Å². The fourth-order valence-electron chi connectivity index (χ4n) is 5.26. The Morgan fingerprint density at radius 3 is 2.81 bits per heavy atom. The standard InChI is InChI=1S/C23H28N6O3/c1-3-29-21-19(13(2)27-29)20(26-16-6-4-15(5-7-16)22(30)31)17(12-25-21)18-10-23(32-28-18)8-14(9-23)11-24/h10,12,14-16,28H,3-9H2,1-2H3,(H,25,26)(H,30,31). The summed E-state index contributed by atoms with van der Waals surface area (Å²) in [5.74, 6) is -0.928. The van der Waals surface area contributed by atoms with Crippen molar-refractivity contribution in [3.63, 3.8) is 0 Å². The van der Waals surface area contributed by atoms with Gasteiger partial charge in [0.15, 0.2) is 5.65 Å². The minimum atomic E-state index is -0.700. The molecule has 3 aliphatic rings. The van der Waals surface area contributed by atoms with E-state index in [1.54, 1.807) is 0 Å². The Bertz CT molecular complexity index is 1130. The van der Waals surface area contributed by atoms with Crippen LogP contribution in [0.2, 0.25) is 0 Å². The molecule has 5 rings (SSSR count). The number of carboxylic acid groups (broad SMARTS) is 1.